The summed E-state index contributed by atoms with van der Waals surface area (Å²) >= 11 is 0. The average molecular weight is 865 g/mol. The van der Waals surface area contributed by atoms with E-state index >= 15 is 0 Å². The summed E-state index contributed by atoms with van der Waals surface area (Å²) in [6.45, 7) is 9.21. The highest BCUT2D eigenvalue weighted by atomic mass is 19.1. The van der Waals surface area contributed by atoms with Gasteiger partial charge in [0.15, 0.2) is 11.6 Å². The minimum absolute atomic E-state index is 0.313. The zero-order valence-corrected chi connectivity index (χ0v) is 35.7. The molecule has 2 aromatic carbocycles. The molecule has 16 heteroatoms. The normalized spacial score (nSPS) is 15.9. The van der Waals surface area contributed by atoms with Gasteiger partial charge in [-0.3, -0.25) is 9.97 Å². The van der Waals surface area contributed by atoms with Crippen molar-refractivity contribution in [3.8, 4) is 11.4 Å². The van der Waals surface area contributed by atoms with Crippen molar-refractivity contribution < 1.29 is 17.6 Å². The van der Waals surface area contributed by atoms with Crippen LogP contribution < -0.4 is 0 Å². The van der Waals surface area contributed by atoms with E-state index in [0.717, 1.165) is 70.5 Å². The van der Waals surface area contributed by atoms with Crippen molar-refractivity contribution in [2.75, 3.05) is 0 Å². The zero-order chi connectivity index (χ0) is 44.5. The predicted molar refractivity (Wildman–Crippen MR) is 234 cm³/mol. The molecule has 6 aromatic heterocycles. The van der Waals surface area contributed by atoms with Gasteiger partial charge in [0.2, 0.25) is 0 Å². The molecule has 0 spiro atoms. The molecule has 324 valence electrons. The van der Waals surface area contributed by atoms with Crippen molar-refractivity contribution in [1.82, 2.24) is 58.6 Å². The zero-order valence-electron chi connectivity index (χ0n) is 35.7. The van der Waals surface area contributed by atoms with Crippen LogP contribution in [0.3, 0.4) is 0 Å². The lowest BCUT2D eigenvalue weighted by atomic mass is 9.91. The lowest BCUT2D eigenvalue weighted by Gasteiger charge is -2.22. The molecule has 0 amide bonds. The Bertz CT molecular complexity index is 2840. The maximum Gasteiger partial charge on any atom is 0.174 e. The van der Waals surface area contributed by atoms with Gasteiger partial charge in [-0.1, -0.05) is 0 Å². The Balaban J connectivity index is 0.000000162. The standard InChI is InChI=1S/2C24H22F2N6/c2*1-15-13-31(14-27-15)22-9-6-18(28-16(22)2)7-10-23-29-24-19(4-3-11-32(24)30-23)20-12-17(25)5-8-21(20)26/h2*5-10,12-14,19H,3-4,11H2,1-2H3/b2*10-7+/t2*19-/m10/s1. The van der Waals surface area contributed by atoms with Crippen LogP contribution in [0, 0.1) is 51.0 Å². The molecule has 0 aliphatic carbocycles. The summed E-state index contributed by atoms with van der Waals surface area (Å²) in [6.07, 6.45) is 17.8. The fourth-order valence-corrected chi connectivity index (χ4v) is 8.34. The molecule has 0 saturated carbocycles. The number of benzene rings is 2. The number of hydrogen-bond acceptors (Lipinski definition) is 8. The minimum atomic E-state index is -0.450. The number of fused-ring (bicyclic) bond motifs is 2. The molecule has 2 aliphatic rings. The number of aryl methyl sites for hydroxylation is 6. The van der Waals surface area contributed by atoms with Crippen LogP contribution in [0.4, 0.5) is 17.6 Å². The first-order chi connectivity index (χ1) is 30.9. The smallest absolute Gasteiger partial charge is 0.174 e. The topological polar surface area (TPSA) is 123 Å². The van der Waals surface area contributed by atoms with Crippen LogP contribution in [0.15, 0.2) is 85.7 Å². The van der Waals surface area contributed by atoms with E-state index in [1.54, 1.807) is 34.2 Å². The maximum atomic E-state index is 14.4. The summed E-state index contributed by atoms with van der Waals surface area (Å²) in [5.41, 5.74) is 7.81. The quantitative estimate of drug-likeness (QED) is 0.139. The molecule has 0 N–H and O–H groups in total. The molecule has 8 heterocycles. The number of pyridine rings is 2. The third kappa shape index (κ3) is 8.94. The summed E-state index contributed by atoms with van der Waals surface area (Å²) in [6, 6.07) is 15.0. The third-order valence-corrected chi connectivity index (χ3v) is 11.4. The van der Waals surface area contributed by atoms with Gasteiger partial charge in [0.05, 0.1) is 58.2 Å². The molecule has 12 nitrogen and oxygen atoms in total. The molecule has 0 unspecified atom stereocenters. The second-order valence-electron chi connectivity index (χ2n) is 16.0. The fourth-order valence-electron chi connectivity index (χ4n) is 8.34. The monoisotopic (exact) mass is 864 g/mol. The molecule has 8 aromatic rings. The highest BCUT2D eigenvalue weighted by Crippen LogP contribution is 2.35. The molecule has 10 rings (SSSR count). The van der Waals surface area contributed by atoms with Gasteiger partial charge in [-0.25, -0.2) is 46.9 Å². The van der Waals surface area contributed by atoms with Crippen LogP contribution in [-0.2, 0) is 13.1 Å². The number of hydrogen-bond donors (Lipinski definition) is 0. The third-order valence-electron chi connectivity index (χ3n) is 11.4. The molecule has 2 atom stereocenters. The Kier molecular flexibility index (Phi) is 11.7. The molecule has 0 fully saturated rings. The summed E-state index contributed by atoms with van der Waals surface area (Å²) in [5.74, 6) is 0.0128. The summed E-state index contributed by atoms with van der Waals surface area (Å²) < 4.78 is 63.7. The van der Waals surface area contributed by atoms with Gasteiger partial charge in [-0.15, -0.1) is 0 Å². The maximum absolute atomic E-state index is 14.4. The Labute approximate surface area is 366 Å². The van der Waals surface area contributed by atoms with E-state index in [9.17, 15) is 17.6 Å². The minimum Gasteiger partial charge on any atom is -0.304 e. The van der Waals surface area contributed by atoms with Crippen molar-refractivity contribution in [2.24, 2.45) is 0 Å². The van der Waals surface area contributed by atoms with Gasteiger partial charge >= 0.3 is 0 Å². The van der Waals surface area contributed by atoms with Gasteiger partial charge in [-0.2, -0.15) is 10.2 Å². The van der Waals surface area contributed by atoms with Gasteiger partial charge in [0, 0.05) is 48.4 Å². The molecular weight excluding hydrogens is 821 g/mol. The van der Waals surface area contributed by atoms with Gasteiger partial charge in [0.25, 0.3) is 0 Å². The van der Waals surface area contributed by atoms with E-state index in [0.29, 0.717) is 60.4 Å². The number of imidazole rings is 2. The summed E-state index contributed by atoms with van der Waals surface area (Å²) in [5, 5.41) is 9.09. The Morgan fingerprint density at radius 1 is 0.531 bits per heavy atom. The van der Waals surface area contributed by atoms with E-state index in [1.165, 1.54) is 24.3 Å². The van der Waals surface area contributed by atoms with Crippen molar-refractivity contribution in [3.63, 3.8) is 0 Å². The van der Waals surface area contributed by atoms with Crippen LogP contribution in [-0.4, -0.2) is 58.6 Å². The summed E-state index contributed by atoms with van der Waals surface area (Å²) in [4.78, 5) is 27.1. The van der Waals surface area contributed by atoms with E-state index < -0.39 is 23.3 Å². The molecule has 0 radical (unpaired) electrons. The Morgan fingerprint density at radius 2 is 0.969 bits per heavy atom. The van der Waals surface area contributed by atoms with Crippen molar-refractivity contribution in [2.45, 2.75) is 78.3 Å². The Hall–Kier alpha value is -7.36. The van der Waals surface area contributed by atoms with Crippen molar-refractivity contribution >= 4 is 24.3 Å². The van der Waals surface area contributed by atoms with E-state index in [4.69, 9.17) is 0 Å². The first-order valence-corrected chi connectivity index (χ1v) is 21.1. The molecule has 2 aliphatic heterocycles. The highest BCUT2D eigenvalue weighted by Gasteiger charge is 2.29. The van der Waals surface area contributed by atoms with Crippen LogP contribution in [0.25, 0.3) is 35.7 Å². The van der Waals surface area contributed by atoms with E-state index in [-0.39, 0.29) is 11.8 Å². The van der Waals surface area contributed by atoms with Gasteiger partial charge in [0.1, 0.15) is 34.9 Å². The van der Waals surface area contributed by atoms with Crippen molar-refractivity contribution in [3.05, 3.63) is 178 Å². The second-order valence-corrected chi connectivity index (χ2v) is 16.0. The number of halogens is 4. The van der Waals surface area contributed by atoms with Gasteiger partial charge in [-0.05, 0) is 138 Å². The number of aromatic nitrogens is 12. The lowest BCUT2D eigenvalue weighted by molar-refractivity contribution is 0.434. The molecule has 64 heavy (non-hydrogen) atoms. The SMILES string of the molecule is Cc1cn(-c2ccc(/C=C/c3nc4n(n3)CCC[C@@H]4c3cc(F)ccc3F)nc2C)cn1.Cc1cn(-c2ccc(/C=C/c3nc4n(n3)CCC[C@H]4c3cc(F)ccc3F)nc2C)cn1. The number of nitrogens with zero attached hydrogens (tertiary/aromatic N) is 12. The molecule has 0 bridgehead atoms. The summed E-state index contributed by atoms with van der Waals surface area (Å²) in [7, 11) is 0. The van der Waals surface area contributed by atoms with Crippen molar-refractivity contribution in [1.29, 1.82) is 0 Å². The lowest BCUT2D eigenvalue weighted by Crippen LogP contribution is -2.19. The first-order valence-electron chi connectivity index (χ1n) is 21.1. The fraction of sp³-hybridized carbons (Fsp3) is 0.250. The van der Waals surface area contributed by atoms with E-state index in [2.05, 4.69) is 40.1 Å². The van der Waals surface area contributed by atoms with Crippen LogP contribution in [0.2, 0.25) is 0 Å². The van der Waals surface area contributed by atoms with Crippen LogP contribution in [0.5, 0.6) is 0 Å². The molecular formula is C48H44F4N12. The number of rotatable bonds is 8. The molecule has 0 saturated heterocycles. The Morgan fingerprint density at radius 3 is 1.36 bits per heavy atom. The average Bonchev–Trinajstić information content (AvgIpc) is 4.11. The van der Waals surface area contributed by atoms with Gasteiger partial charge < -0.3 is 9.13 Å². The second kappa shape index (κ2) is 17.8. The highest BCUT2D eigenvalue weighted by molar-refractivity contribution is 5.66. The van der Waals surface area contributed by atoms with Crippen LogP contribution in [0.1, 0.15) is 106 Å². The predicted octanol–water partition coefficient (Wildman–Crippen LogP) is 9.70. The first kappa shape index (κ1) is 42.0. The van der Waals surface area contributed by atoms with Crippen LogP contribution >= 0.6 is 0 Å². The van der Waals surface area contributed by atoms with E-state index in [1.807, 2.05) is 85.6 Å². The largest absolute Gasteiger partial charge is 0.304 e.